The fourth-order valence-corrected chi connectivity index (χ4v) is 2.74. The molecule has 0 bridgehead atoms. The van der Waals surface area contributed by atoms with Crippen molar-refractivity contribution in [3.63, 3.8) is 0 Å². The second kappa shape index (κ2) is 5.38. The average Bonchev–Trinajstić information content (AvgIpc) is 2.74. The van der Waals surface area contributed by atoms with Crippen molar-refractivity contribution < 1.29 is 4.39 Å². The third-order valence-corrected chi connectivity index (χ3v) is 3.75. The van der Waals surface area contributed by atoms with E-state index in [1.54, 1.807) is 12.1 Å². The van der Waals surface area contributed by atoms with E-state index in [-0.39, 0.29) is 5.56 Å². The minimum atomic E-state index is -0.494. The summed E-state index contributed by atoms with van der Waals surface area (Å²) in [7, 11) is 1.87. The number of hydrogen-bond donors (Lipinski definition) is 0. The lowest BCUT2D eigenvalue weighted by Crippen LogP contribution is -2.15. The molecule has 2 aromatic rings. The standard InChI is InChI=1S/C13H10ClFN2S/c1-17(8-11-4-5-13(14)18-11)10-3-2-9(7-16)12(15)6-10/h2-6H,8H2,1H3. The van der Waals surface area contributed by atoms with Crippen molar-refractivity contribution in [3.05, 3.63) is 50.9 Å². The van der Waals surface area contributed by atoms with Gasteiger partial charge >= 0.3 is 0 Å². The first-order valence-corrected chi connectivity index (χ1v) is 6.44. The van der Waals surface area contributed by atoms with E-state index in [1.165, 1.54) is 23.5 Å². The molecule has 0 saturated heterocycles. The number of benzene rings is 1. The van der Waals surface area contributed by atoms with E-state index >= 15 is 0 Å². The summed E-state index contributed by atoms with van der Waals surface area (Å²) >= 11 is 7.36. The molecule has 0 aliphatic carbocycles. The Morgan fingerprint density at radius 3 is 2.72 bits per heavy atom. The lowest BCUT2D eigenvalue weighted by atomic mass is 10.2. The molecule has 0 amide bonds. The van der Waals surface area contributed by atoms with Gasteiger partial charge in [-0.15, -0.1) is 11.3 Å². The summed E-state index contributed by atoms with van der Waals surface area (Å²) in [5.41, 5.74) is 0.794. The van der Waals surface area contributed by atoms with Crippen LogP contribution in [0.3, 0.4) is 0 Å². The first-order valence-electron chi connectivity index (χ1n) is 5.25. The smallest absolute Gasteiger partial charge is 0.143 e. The highest BCUT2D eigenvalue weighted by molar-refractivity contribution is 7.16. The summed E-state index contributed by atoms with van der Waals surface area (Å²) in [6.07, 6.45) is 0. The maximum atomic E-state index is 13.5. The minimum Gasteiger partial charge on any atom is -0.369 e. The molecule has 0 fully saturated rings. The number of halogens is 2. The molecule has 0 spiro atoms. The molecule has 0 aliphatic rings. The van der Waals surface area contributed by atoms with Crippen LogP contribution in [-0.4, -0.2) is 7.05 Å². The van der Waals surface area contributed by atoms with Crippen molar-refractivity contribution >= 4 is 28.6 Å². The van der Waals surface area contributed by atoms with Crippen molar-refractivity contribution in [2.75, 3.05) is 11.9 Å². The van der Waals surface area contributed by atoms with Gasteiger partial charge < -0.3 is 4.90 Å². The molecule has 0 aliphatic heterocycles. The topological polar surface area (TPSA) is 27.0 Å². The highest BCUT2D eigenvalue weighted by Gasteiger charge is 2.08. The molecule has 18 heavy (non-hydrogen) atoms. The Morgan fingerprint density at radius 1 is 1.39 bits per heavy atom. The third-order valence-electron chi connectivity index (χ3n) is 2.54. The van der Waals surface area contributed by atoms with Crippen LogP contribution in [0, 0.1) is 17.1 Å². The number of hydrogen-bond acceptors (Lipinski definition) is 3. The van der Waals surface area contributed by atoms with Crippen molar-refractivity contribution in [2.24, 2.45) is 0 Å². The number of anilines is 1. The van der Waals surface area contributed by atoms with Gasteiger partial charge in [0.15, 0.2) is 0 Å². The van der Waals surface area contributed by atoms with Gasteiger partial charge in [0.25, 0.3) is 0 Å². The maximum Gasteiger partial charge on any atom is 0.143 e. The van der Waals surface area contributed by atoms with E-state index in [0.717, 1.165) is 14.9 Å². The molecule has 0 radical (unpaired) electrons. The first-order chi connectivity index (χ1) is 8.60. The van der Waals surface area contributed by atoms with Crippen LogP contribution in [0.1, 0.15) is 10.4 Å². The summed E-state index contributed by atoms with van der Waals surface area (Å²) in [5.74, 6) is -0.494. The average molecular weight is 281 g/mol. The Labute approximate surface area is 114 Å². The normalized spacial score (nSPS) is 10.1. The monoisotopic (exact) mass is 280 g/mol. The fraction of sp³-hybridized carbons (Fsp3) is 0.154. The Hall–Kier alpha value is -1.57. The highest BCUT2D eigenvalue weighted by Crippen LogP contribution is 2.25. The molecule has 0 saturated carbocycles. The van der Waals surface area contributed by atoms with Crippen molar-refractivity contribution in [2.45, 2.75) is 6.54 Å². The lowest BCUT2D eigenvalue weighted by Gasteiger charge is -2.18. The Morgan fingerprint density at radius 2 is 2.17 bits per heavy atom. The molecule has 5 heteroatoms. The zero-order valence-electron chi connectivity index (χ0n) is 9.65. The molecule has 92 valence electrons. The Bertz CT molecular complexity index is 603. The largest absolute Gasteiger partial charge is 0.369 e. The molecule has 1 aromatic heterocycles. The van der Waals surface area contributed by atoms with Crippen molar-refractivity contribution in [1.29, 1.82) is 5.26 Å². The quantitative estimate of drug-likeness (QED) is 0.848. The molecule has 0 atom stereocenters. The number of thiophene rings is 1. The molecular formula is C13H10ClFN2S. The summed E-state index contributed by atoms with van der Waals surface area (Å²) in [6.45, 7) is 0.655. The SMILES string of the molecule is CN(Cc1ccc(Cl)s1)c1ccc(C#N)c(F)c1. The zero-order chi connectivity index (χ0) is 13.1. The zero-order valence-corrected chi connectivity index (χ0v) is 11.2. The van der Waals surface area contributed by atoms with E-state index in [2.05, 4.69) is 0 Å². The van der Waals surface area contributed by atoms with E-state index in [4.69, 9.17) is 16.9 Å². The molecule has 1 aromatic carbocycles. The van der Waals surface area contributed by atoms with Gasteiger partial charge in [0.1, 0.15) is 11.9 Å². The van der Waals surface area contributed by atoms with Crippen molar-refractivity contribution in [1.82, 2.24) is 0 Å². The van der Waals surface area contributed by atoms with Gasteiger partial charge in [-0.25, -0.2) is 4.39 Å². The molecule has 1 heterocycles. The van der Waals surface area contributed by atoms with Crippen LogP contribution in [0.4, 0.5) is 10.1 Å². The van der Waals surface area contributed by atoms with Crippen LogP contribution < -0.4 is 4.90 Å². The predicted octanol–water partition coefficient (Wildman–Crippen LogP) is 4.05. The molecular weight excluding hydrogens is 271 g/mol. The Balaban J connectivity index is 2.16. The lowest BCUT2D eigenvalue weighted by molar-refractivity contribution is 0.623. The number of nitrogens with zero attached hydrogens (tertiary/aromatic N) is 2. The van der Waals surface area contributed by atoms with Crippen LogP contribution >= 0.6 is 22.9 Å². The maximum absolute atomic E-state index is 13.5. The van der Waals surface area contributed by atoms with Gasteiger partial charge in [0.2, 0.25) is 0 Å². The van der Waals surface area contributed by atoms with E-state index in [1.807, 2.05) is 24.1 Å². The second-order valence-corrected chi connectivity index (χ2v) is 5.64. The van der Waals surface area contributed by atoms with E-state index < -0.39 is 5.82 Å². The van der Waals surface area contributed by atoms with Gasteiger partial charge in [-0.3, -0.25) is 0 Å². The van der Waals surface area contributed by atoms with Crippen LogP contribution in [0.5, 0.6) is 0 Å². The molecule has 0 N–H and O–H groups in total. The summed E-state index contributed by atoms with van der Waals surface area (Å²) in [5, 5.41) is 8.67. The van der Waals surface area contributed by atoms with Crippen LogP contribution in [0.2, 0.25) is 4.34 Å². The third kappa shape index (κ3) is 2.81. The number of nitriles is 1. The summed E-state index contributed by atoms with van der Waals surface area (Å²) in [6, 6.07) is 10.2. The highest BCUT2D eigenvalue weighted by atomic mass is 35.5. The van der Waals surface area contributed by atoms with Gasteiger partial charge in [0, 0.05) is 17.6 Å². The van der Waals surface area contributed by atoms with E-state index in [9.17, 15) is 4.39 Å². The van der Waals surface area contributed by atoms with Gasteiger partial charge in [0.05, 0.1) is 16.4 Å². The van der Waals surface area contributed by atoms with Gasteiger partial charge in [-0.2, -0.15) is 5.26 Å². The minimum absolute atomic E-state index is 0.0614. The second-order valence-electron chi connectivity index (χ2n) is 3.84. The van der Waals surface area contributed by atoms with Crippen LogP contribution in [0.15, 0.2) is 30.3 Å². The van der Waals surface area contributed by atoms with Gasteiger partial charge in [-0.05, 0) is 30.3 Å². The van der Waals surface area contributed by atoms with E-state index in [0.29, 0.717) is 6.54 Å². The van der Waals surface area contributed by atoms with Gasteiger partial charge in [-0.1, -0.05) is 11.6 Å². The summed E-state index contributed by atoms with van der Waals surface area (Å²) < 4.78 is 14.2. The summed E-state index contributed by atoms with van der Waals surface area (Å²) in [4.78, 5) is 3.01. The van der Waals surface area contributed by atoms with Crippen LogP contribution in [0.25, 0.3) is 0 Å². The predicted molar refractivity (Wildman–Crippen MR) is 72.6 cm³/mol. The van der Waals surface area contributed by atoms with Crippen LogP contribution in [-0.2, 0) is 6.54 Å². The molecule has 2 rings (SSSR count). The number of rotatable bonds is 3. The molecule has 0 unspecified atom stereocenters. The molecule has 2 nitrogen and oxygen atoms in total. The Kier molecular flexibility index (Phi) is 3.85. The fourth-order valence-electron chi connectivity index (χ4n) is 1.59. The van der Waals surface area contributed by atoms with Crippen molar-refractivity contribution in [3.8, 4) is 6.07 Å². The first kappa shape index (κ1) is 12.9.